The average Bonchev–Trinajstić information content (AvgIpc) is 2.73. The third-order valence-corrected chi connectivity index (χ3v) is 2.99. The lowest BCUT2D eigenvalue weighted by Gasteiger charge is -2.00. The Morgan fingerprint density at radius 3 is 2.69 bits per heavy atom. The summed E-state index contributed by atoms with van der Waals surface area (Å²) < 4.78 is 0. The van der Waals surface area contributed by atoms with Gasteiger partial charge in [0.25, 0.3) is 0 Å². The highest BCUT2D eigenvalue weighted by atomic mass is 32.1. The van der Waals surface area contributed by atoms with Gasteiger partial charge in [-0.3, -0.25) is 5.43 Å². The summed E-state index contributed by atoms with van der Waals surface area (Å²) in [5.74, 6) is 0. The minimum Gasteiger partial charge on any atom is -0.252 e. The standard InChI is InChI=1S/C12H13N3S/c1-9-8-16-12(13-9)15-14-10(2)11-6-4-3-5-7-11/h3-8H,1-2H3,(H,13,15)/b14-10-. The van der Waals surface area contributed by atoms with Crippen LogP contribution in [0, 0.1) is 6.92 Å². The maximum Gasteiger partial charge on any atom is 0.203 e. The highest BCUT2D eigenvalue weighted by Crippen LogP contribution is 2.14. The molecule has 0 atom stereocenters. The molecule has 3 nitrogen and oxygen atoms in total. The van der Waals surface area contributed by atoms with Gasteiger partial charge in [0, 0.05) is 5.38 Å². The minimum absolute atomic E-state index is 0.827. The van der Waals surface area contributed by atoms with E-state index in [0.717, 1.165) is 22.1 Å². The summed E-state index contributed by atoms with van der Waals surface area (Å²) in [5, 5.41) is 7.11. The summed E-state index contributed by atoms with van der Waals surface area (Å²) in [6.45, 7) is 3.94. The molecular weight excluding hydrogens is 218 g/mol. The Labute approximate surface area is 98.9 Å². The number of rotatable bonds is 3. The highest BCUT2D eigenvalue weighted by Gasteiger charge is 1.98. The van der Waals surface area contributed by atoms with Crippen molar-refractivity contribution in [3.63, 3.8) is 0 Å². The zero-order valence-corrected chi connectivity index (χ0v) is 10.1. The van der Waals surface area contributed by atoms with E-state index in [0.29, 0.717) is 0 Å². The van der Waals surface area contributed by atoms with Crippen LogP contribution in [-0.2, 0) is 0 Å². The first-order valence-corrected chi connectivity index (χ1v) is 5.91. The van der Waals surface area contributed by atoms with Crippen molar-refractivity contribution in [3.05, 3.63) is 47.0 Å². The van der Waals surface area contributed by atoms with Crippen molar-refractivity contribution in [1.82, 2.24) is 4.98 Å². The second kappa shape index (κ2) is 4.90. The van der Waals surface area contributed by atoms with Crippen LogP contribution in [0.25, 0.3) is 0 Å². The molecule has 0 radical (unpaired) electrons. The number of hydrogen-bond donors (Lipinski definition) is 1. The molecule has 0 amide bonds. The van der Waals surface area contributed by atoms with E-state index in [1.54, 1.807) is 11.3 Å². The number of benzene rings is 1. The number of hydrogen-bond acceptors (Lipinski definition) is 4. The molecule has 1 aromatic heterocycles. The maximum absolute atomic E-state index is 4.29. The van der Waals surface area contributed by atoms with E-state index in [1.807, 2.05) is 49.6 Å². The van der Waals surface area contributed by atoms with Crippen molar-refractivity contribution in [2.45, 2.75) is 13.8 Å². The third-order valence-electron chi connectivity index (χ3n) is 2.13. The molecule has 0 spiro atoms. The molecule has 2 aromatic rings. The van der Waals surface area contributed by atoms with Gasteiger partial charge in [0.15, 0.2) is 0 Å². The van der Waals surface area contributed by atoms with Gasteiger partial charge in [-0.25, -0.2) is 4.98 Å². The van der Waals surface area contributed by atoms with Crippen LogP contribution in [0.5, 0.6) is 0 Å². The van der Waals surface area contributed by atoms with Crippen LogP contribution in [0.2, 0.25) is 0 Å². The molecule has 0 unspecified atom stereocenters. The number of aromatic nitrogens is 1. The fourth-order valence-corrected chi connectivity index (χ4v) is 1.91. The molecule has 0 saturated carbocycles. The van der Waals surface area contributed by atoms with Gasteiger partial charge < -0.3 is 0 Å². The lowest BCUT2D eigenvalue weighted by Crippen LogP contribution is -1.99. The number of nitrogens with one attached hydrogen (secondary N) is 1. The monoisotopic (exact) mass is 231 g/mol. The number of hydrazone groups is 1. The van der Waals surface area contributed by atoms with Crippen LogP contribution in [0.15, 0.2) is 40.8 Å². The Kier molecular flexibility index (Phi) is 3.31. The molecule has 0 fully saturated rings. The summed E-state index contributed by atoms with van der Waals surface area (Å²) in [6, 6.07) is 10.1. The van der Waals surface area contributed by atoms with Gasteiger partial charge >= 0.3 is 0 Å². The molecule has 1 heterocycles. The smallest absolute Gasteiger partial charge is 0.203 e. The molecular formula is C12H13N3S. The molecule has 0 aliphatic rings. The molecule has 0 saturated heterocycles. The van der Waals surface area contributed by atoms with Gasteiger partial charge in [0.05, 0.1) is 11.4 Å². The zero-order chi connectivity index (χ0) is 11.4. The van der Waals surface area contributed by atoms with Crippen molar-refractivity contribution < 1.29 is 0 Å². The van der Waals surface area contributed by atoms with Crippen molar-refractivity contribution in [2.75, 3.05) is 5.43 Å². The molecule has 1 aromatic carbocycles. The van der Waals surface area contributed by atoms with Gasteiger partial charge in [0.2, 0.25) is 5.13 Å². The van der Waals surface area contributed by atoms with Crippen LogP contribution in [0.3, 0.4) is 0 Å². The number of thiazole rings is 1. The van der Waals surface area contributed by atoms with Crippen molar-refractivity contribution in [1.29, 1.82) is 0 Å². The van der Waals surface area contributed by atoms with Crippen LogP contribution in [0.1, 0.15) is 18.2 Å². The van der Waals surface area contributed by atoms with Crippen LogP contribution < -0.4 is 5.43 Å². The van der Waals surface area contributed by atoms with Crippen molar-refractivity contribution in [3.8, 4) is 0 Å². The maximum atomic E-state index is 4.29. The lowest BCUT2D eigenvalue weighted by molar-refractivity contribution is 1.21. The van der Waals surface area contributed by atoms with E-state index in [4.69, 9.17) is 0 Å². The van der Waals surface area contributed by atoms with E-state index >= 15 is 0 Å². The summed E-state index contributed by atoms with van der Waals surface area (Å²) in [5.41, 5.74) is 6.04. The quantitative estimate of drug-likeness (QED) is 0.650. The van der Waals surface area contributed by atoms with E-state index in [9.17, 15) is 0 Å². The predicted octanol–water partition coefficient (Wildman–Crippen LogP) is 3.29. The summed E-state index contributed by atoms with van der Waals surface area (Å²) in [6.07, 6.45) is 0. The Morgan fingerprint density at radius 2 is 2.06 bits per heavy atom. The zero-order valence-electron chi connectivity index (χ0n) is 9.27. The highest BCUT2D eigenvalue weighted by molar-refractivity contribution is 7.13. The van der Waals surface area contributed by atoms with E-state index in [2.05, 4.69) is 15.5 Å². The van der Waals surface area contributed by atoms with Gasteiger partial charge in [0.1, 0.15) is 0 Å². The number of nitrogens with zero attached hydrogens (tertiary/aromatic N) is 2. The number of anilines is 1. The molecule has 1 N–H and O–H groups in total. The molecule has 2 rings (SSSR count). The van der Waals surface area contributed by atoms with Crippen molar-refractivity contribution in [2.24, 2.45) is 5.10 Å². The van der Waals surface area contributed by atoms with Gasteiger partial charge in [-0.1, -0.05) is 30.3 Å². The first-order valence-electron chi connectivity index (χ1n) is 5.03. The van der Waals surface area contributed by atoms with Crippen molar-refractivity contribution >= 4 is 22.2 Å². The fourth-order valence-electron chi connectivity index (χ4n) is 1.28. The summed E-state index contributed by atoms with van der Waals surface area (Å²) in [7, 11) is 0. The molecule has 82 valence electrons. The fraction of sp³-hybridized carbons (Fsp3) is 0.167. The molecule has 16 heavy (non-hydrogen) atoms. The second-order valence-electron chi connectivity index (χ2n) is 3.47. The lowest BCUT2D eigenvalue weighted by atomic mass is 10.1. The normalized spacial score (nSPS) is 11.5. The van der Waals surface area contributed by atoms with Gasteiger partial charge in [-0.15, -0.1) is 11.3 Å². The Bertz CT molecular complexity index is 488. The number of aryl methyl sites for hydroxylation is 1. The summed E-state index contributed by atoms with van der Waals surface area (Å²) in [4.78, 5) is 4.28. The predicted molar refractivity (Wildman–Crippen MR) is 69.1 cm³/mol. The van der Waals surface area contributed by atoms with Gasteiger partial charge in [-0.05, 0) is 19.4 Å². The van der Waals surface area contributed by atoms with Crippen LogP contribution in [0.4, 0.5) is 5.13 Å². The molecule has 0 aliphatic carbocycles. The Morgan fingerprint density at radius 1 is 1.31 bits per heavy atom. The third kappa shape index (κ3) is 2.67. The second-order valence-corrected chi connectivity index (χ2v) is 4.33. The van der Waals surface area contributed by atoms with Crippen LogP contribution >= 0.6 is 11.3 Å². The molecule has 0 bridgehead atoms. The van der Waals surface area contributed by atoms with Gasteiger partial charge in [-0.2, -0.15) is 5.10 Å². The van der Waals surface area contributed by atoms with E-state index < -0.39 is 0 Å². The SMILES string of the molecule is C/C(=N/Nc1nc(C)cs1)c1ccccc1. The first kappa shape index (κ1) is 10.8. The minimum atomic E-state index is 0.827. The largest absolute Gasteiger partial charge is 0.252 e. The topological polar surface area (TPSA) is 37.3 Å². The Hall–Kier alpha value is -1.68. The average molecular weight is 231 g/mol. The van der Waals surface area contributed by atoms with E-state index in [-0.39, 0.29) is 0 Å². The summed E-state index contributed by atoms with van der Waals surface area (Å²) >= 11 is 1.56. The molecule has 4 heteroatoms. The Balaban J connectivity index is 2.08. The van der Waals surface area contributed by atoms with E-state index in [1.165, 1.54) is 0 Å². The van der Waals surface area contributed by atoms with Crippen LogP contribution in [-0.4, -0.2) is 10.7 Å². The first-order chi connectivity index (χ1) is 7.75. The molecule has 0 aliphatic heterocycles.